The Morgan fingerprint density at radius 3 is 2.67 bits per heavy atom. The molecule has 1 unspecified atom stereocenters. The molecule has 36 heavy (non-hydrogen) atoms. The minimum absolute atomic E-state index is 0.0129. The number of methoxy groups -OCH3 is 1. The number of carbonyl (C=O) groups excluding carboxylic acids is 1. The summed E-state index contributed by atoms with van der Waals surface area (Å²) in [4.78, 5) is 16.3. The molecule has 0 radical (unpaired) electrons. The normalized spacial score (nSPS) is 18.4. The van der Waals surface area contributed by atoms with Crippen LogP contribution in [0.4, 0.5) is 22.0 Å². The maximum Gasteiger partial charge on any atom is 0.416 e. The first kappa shape index (κ1) is 25.6. The van der Waals surface area contributed by atoms with Gasteiger partial charge < -0.3 is 9.47 Å². The fourth-order valence-electron chi connectivity index (χ4n) is 4.36. The number of hydrogen-bond acceptors (Lipinski definition) is 4. The van der Waals surface area contributed by atoms with E-state index in [1.807, 2.05) is 0 Å². The summed E-state index contributed by atoms with van der Waals surface area (Å²) in [5.41, 5.74) is 1.18. The molecular weight excluding hydrogens is 481 g/mol. The quantitative estimate of drug-likeness (QED) is 0.306. The molecule has 190 valence electrons. The topological polar surface area (TPSA) is 48.4 Å². The van der Waals surface area contributed by atoms with Crippen molar-refractivity contribution < 1.29 is 36.2 Å². The number of alkyl halides is 4. The van der Waals surface area contributed by atoms with Crippen LogP contribution < -0.4 is 4.74 Å². The van der Waals surface area contributed by atoms with Crippen molar-refractivity contribution in [2.45, 2.75) is 44.5 Å². The van der Waals surface area contributed by atoms with Crippen LogP contribution in [0.2, 0.25) is 0 Å². The predicted octanol–water partition coefficient (Wildman–Crippen LogP) is 7.27. The second-order valence-electron chi connectivity index (χ2n) is 8.53. The maximum atomic E-state index is 14.4. The Kier molecular flexibility index (Phi) is 7.56. The van der Waals surface area contributed by atoms with Crippen molar-refractivity contribution in [3.63, 3.8) is 0 Å². The first-order chi connectivity index (χ1) is 17.2. The van der Waals surface area contributed by atoms with Crippen LogP contribution in [0.1, 0.15) is 59.4 Å². The van der Waals surface area contributed by atoms with Crippen molar-refractivity contribution >= 4 is 17.1 Å². The molecule has 0 amide bonds. The summed E-state index contributed by atoms with van der Waals surface area (Å²) in [6.07, 6.45) is -1.20. The molecule has 0 saturated carbocycles. The number of pyridine rings is 1. The van der Waals surface area contributed by atoms with Crippen LogP contribution >= 0.6 is 0 Å². The molecular formula is C27H24F5NO3. The maximum absolute atomic E-state index is 14.4. The van der Waals surface area contributed by atoms with Crippen molar-refractivity contribution in [2.75, 3.05) is 13.7 Å². The zero-order valence-corrected chi connectivity index (χ0v) is 19.5. The minimum atomic E-state index is -4.59. The van der Waals surface area contributed by atoms with Gasteiger partial charge in [-0.25, -0.2) is 18.6 Å². The number of rotatable bonds is 6. The van der Waals surface area contributed by atoms with Gasteiger partial charge in [0.15, 0.2) is 6.17 Å². The van der Waals surface area contributed by atoms with E-state index >= 15 is 0 Å². The number of allylic oxidation sites excluding steroid dienone is 4. The van der Waals surface area contributed by atoms with E-state index in [1.165, 1.54) is 25.3 Å². The summed E-state index contributed by atoms with van der Waals surface area (Å²) >= 11 is 0. The standard InChI is InChI=1S/C27H24F5NO3/c1-35-26(34)23-11-5-10-22(33-23)19-8-4-7-18(19)20-14-17(27(30,31)32)12-13-24(20)36-15-16-6-2-3-9-21(28)25(16)29/h2,5-6,10-14,21H,3-4,7-9,15H2,1H3. The molecule has 0 fully saturated rings. The molecule has 2 aliphatic carbocycles. The predicted molar refractivity (Wildman–Crippen MR) is 125 cm³/mol. The van der Waals surface area contributed by atoms with E-state index in [2.05, 4.69) is 4.98 Å². The van der Waals surface area contributed by atoms with E-state index in [-0.39, 0.29) is 35.6 Å². The van der Waals surface area contributed by atoms with E-state index in [0.29, 0.717) is 42.5 Å². The molecule has 0 N–H and O–H groups in total. The molecule has 1 aromatic heterocycles. The van der Waals surface area contributed by atoms with Gasteiger partial charge in [-0.15, -0.1) is 0 Å². The number of esters is 1. The van der Waals surface area contributed by atoms with Gasteiger partial charge in [0.1, 0.15) is 23.9 Å². The van der Waals surface area contributed by atoms with Crippen LogP contribution in [-0.4, -0.2) is 30.8 Å². The van der Waals surface area contributed by atoms with E-state index in [0.717, 1.165) is 12.1 Å². The average Bonchev–Trinajstić information content (AvgIpc) is 3.30. The molecule has 2 aromatic rings. The van der Waals surface area contributed by atoms with Crippen LogP contribution in [0.3, 0.4) is 0 Å². The number of nitrogens with zero attached hydrogens (tertiary/aromatic N) is 1. The summed E-state index contributed by atoms with van der Waals surface area (Å²) in [6, 6.07) is 7.90. The van der Waals surface area contributed by atoms with Crippen molar-refractivity contribution in [3.8, 4) is 5.75 Å². The second-order valence-corrected chi connectivity index (χ2v) is 8.53. The third kappa shape index (κ3) is 5.50. The smallest absolute Gasteiger partial charge is 0.416 e. The molecule has 0 saturated heterocycles. The highest BCUT2D eigenvalue weighted by Gasteiger charge is 2.33. The lowest BCUT2D eigenvalue weighted by molar-refractivity contribution is -0.137. The molecule has 1 heterocycles. The molecule has 0 spiro atoms. The Bertz CT molecular complexity index is 1250. The van der Waals surface area contributed by atoms with Crippen molar-refractivity contribution in [1.29, 1.82) is 0 Å². The monoisotopic (exact) mass is 505 g/mol. The van der Waals surface area contributed by atoms with Gasteiger partial charge in [0.2, 0.25) is 0 Å². The first-order valence-electron chi connectivity index (χ1n) is 11.5. The van der Waals surface area contributed by atoms with Crippen molar-refractivity contribution in [3.05, 3.63) is 82.5 Å². The van der Waals surface area contributed by atoms with Crippen LogP contribution in [0.25, 0.3) is 11.1 Å². The Hall–Kier alpha value is -3.49. The Morgan fingerprint density at radius 2 is 1.92 bits per heavy atom. The Morgan fingerprint density at radius 1 is 1.14 bits per heavy atom. The van der Waals surface area contributed by atoms with Crippen LogP contribution in [0.15, 0.2) is 60.0 Å². The first-order valence-corrected chi connectivity index (χ1v) is 11.5. The van der Waals surface area contributed by atoms with Crippen LogP contribution in [0, 0.1) is 0 Å². The summed E-state index contributed by atoms with van der Waals surface area (Å²) in [7, 11) is 1.23. The molecule has 0 aliphatic heterocycles. The third-order valence-electron chi connectivity index (χ3n) is 6.17. The largest absolute Gasteiger partial charge is 0.488 e. The van der Waals surface area contributed by atoms with Gasteiger partial charge in [0.25, 0.3) is 0 Å². The van der Waals surface area contributed by atoms with Crippen LogP contribution in [0.5, 0.6) is 5.75 Å². The number of hydrogen-bond donors (Lipinski definition) is 0. The van der Waals surface area contributed by atoms with Gasteiger partial charge in [-0.05, 0) is 73.6 Å². The summed E-state index contributed by atoms with van der Waals surface area (Å²) in [5.74, 6) is -1.44. The van der Waals surface area contributed by atoms with E-state index in [9.17, 15) is 26.7 Å². The second kappa shape index (κ2) is 10.6. The fraction of sp³-hybridized carbons (Fsp3) is 0.333. The summed E-state index contributed by atoms with van der Waals surface area (Å²) in [6.45, 7) is -0.334. The summed E-state index contributed by atoms with van der Waals surface area (Å²) in [5, 5.41) is 0. The fourth-order valence-corrected chi connectivity index (χ4v) is 4.36. The average molecular weight is 505 g/mol. The molecule has 0 bridgehead atoms. The van der Waals surface area contributed by atoms with Gasteiger partial charge in [0, 0.05) is 11.1 Å². The SMILES string of the molecule is COC(=O)c1cccc(C2=C(c3cc(C(F)(F)F)ccc3OCC3=C(F)C(F)CCC=C3)CCC2)n1. The summed E-state index contributed by atoms with van der Waals surface area (Å²) < 4.78 is 79.6. The molecule has 9 heteroatoms. The van der Waals surface area contributed by atoms with Gasteiger partial charge in [-0.1, -0.05) is 18.2 Å². The lowest BCUT2D eigenvalue weighted by Crippen LogP contribution is -2.10. The van der Waals surface area contributed by atoms with E-state index in [4.69, 9.17) is 9.47 Å². The lowest BCUT2D eigenvalue weighted by atomic mass is 9.96. The molecule has 4 nitrogen and oxygen atoms in total. The highest BCUT2D eigenvalue weighted by molar-refractivity contribution is 5.94. The van der Waals surface area contributed by atoms with E-state index in [1.54, 1.807) is 18.2 Å². The zero-order chi connectivity index (χ0) is 25.9. The number of benzene rings is 1. The van der Waals surface area contributed by atoms with Gasteiger partial charge in [0.05, 0.1) is 18.4 Å². The molecule has 1 atom stereocenters. The highest BCUT2D eigenvalue weighted by Crippen LogP contribution is 2.44. The third-order valence-corrected chi connectivity index (χ3v) is 6.17. The Balaban J connectivity index is 1.77. The number of ether oxygens (including phenoxy) is 2. The number of halogens is 5. The minimum Gasteiger partial charge on any atom is -0.488 e. The van der Waals surface area contributed by atoms with E-state index < -0.39 is 29.7 Å². The van der Waals surface area contributed by atoms with Crippen molar-refractivity contribution in [2.24, 2.45) is 0 Å². The van der Waals surface area contributed by atoms with Gasteiger partial charge >= 0.3 is 12.1 Å². The molecule has 2 aliphatic rings. The van der Waals surface area contributed by atoms with Gasteiger partial charge in [-0.2, -0.15) is 13.2 Å². The number of aromatic nitrogens is 1. The highest BCUT2D eigenvalue weighted by atomic mass is 19.4. The van der Waals surface area contributed by atoms with Crippen LogP contribution in [-0.2, 0) is 10.9 Å². The zero-order valence-electron chi connectivity index (χ0n) is 19.5. The van der Waals surface area contributed by atoms with Crippen molar-refractivity contribution in [1.82, 2.24) is 4.98 Å². The molecule has 4 rings (SSSR count). The Labute approximate surface area is 205 Å². The molecule has 1 aromatic carbocycles. The number of carbonyl (C=O) groups is 1. The lowest BCUT2D eigenvalue weighted by Gasteiger charge is -2.17. The van der Waals surface area contributed by atoms with Gasteiger partial charge in [-0.3, -0.25) is 0 Å².